The fourth-order valence-corrected chi connectivity index (χ4v) is 2.26. The second-order valence-corrected chi connectivity index (χ2v) is 5.23. The molecule has 3 rings (SSSR count). The van der Waals surface area contributed by atoms with Crippen molar-refractivity contribution in [2.75, 3.05) is 5.32 Å². The van der Waals surface area contributed by atoms with Gasteiger partial charge in [0.25, 0.3) is 5.91 Å². The number of carbonyl (C=O) groups is 1. The second-order valence-electron chi connectivity index (χ2n) is 5.23. The molecule has 0 saturated heterocycles. The first-order chi connectivity index (χ1) is 11.2. The highest BCUT2D eigenvalue weighted by molar-refractivity contribution is 6.05. The number of hydrogen-bond acceptors (Lipinski definition) is 2. The largest absolute Gasteiger partial charge is 0.455 e. The summed E-state index contributed by atoms with van der Waals surface area (Å²) in [4.78, 5) is 12.4. The summed E-state index contributed by atoms with van der Waals surface area (Å²) in [7, 11) is 0. The van der Waals surface area contributed by atoms with E-state index >= 15 is 0 Å². The van der Waals surface area contributed by atoms with E-state index in [2.05, 4.69) is 5.32 Å². The van der Waals surface area contributed by atoms with Crippen LogP contribution in [0.5, 0.6) is 11.5 Å². The topological polar surface area (TPSA) is 38.3 Å². The fraction of sp³-hybridized carbons (Fsp3) is 0.0500. The Balaban J connectivity index is 1.82. The van der Waals surface area contributed by atoms with Crippen molar-refractivity contribution in [1.29, 1.82) is 0 Å². The van der Waals surface area contributed by atoms with E-state index in [1.807, 2.05) is 79.7 Å². The zero-order valence-electron chi connectivity index (χ0n) is 12.8. The lowest BCUT2D eigenvalue weighted by Crippen LogP contribution is -2.12. The van der Waals surface area contributed by atoms with Crippen molar-refractivity contribution in [3.05, 3.63) is 90.0 Å². The highest BCUT2D eigenvalue weighted by atomic mass is 16.5. The van der Waals surface area contributed by atoms with E-state index < -0.39 is 0 Å². The Bertz CT molecular complexity index is 813. The number of hydrogen-bond donors (Lipinski definition) is 1. The van der Waals surface area contributed by atoms with E-state index in [0.717, 1.165) is 11.3 Å². The number of carbonyl (C=O) groups excluding carboxylic acids is 1. The van der Waals surface area contributed by atoms with E-state index in [1.165, 1.54) is 0 Å². The molecule has 0 saturated carbocycles. The van der Waals surface area contributed by atoms with Crippen molar-refractivity contribution in [3.8, 4) is 11.5 Å². The van der Waals surface area contributed by atoms with Gasteiger partial charge in [0.05, 0.1) is 5.69 Å². The molecular formula is C20H17NO2. The number of benzene rings is 3. The Kier molecular flexibility index (Phi) is 4.39. The first-order valence-electron chi connectivity index (χ1n) is 7.42. The Morgan fingerprint density at radius 2 is 1.61 bits per heavy atom. The molecule has 0 unspecified atom stereocenters. The maximum atomic E-state index is 12.4. The molecule has 3 aromatic rings. The van der Waals surface area contributed by atoms with Gasteiger partial charge in [-0.1, -0.05) is 48.0 Å². The maximum absolute atomic E-state index is 12.4. The van der Waals surface area contributed by atoms with Gasteiger partial charge in [0.15, 0.2) is 5.75 Å². The smallest absolute Gasteiger partial charge is 0.255 e. The van der Waals surface area contributed by atoms with Gasteiger partial charge in [0, 0.05) is 5.56 Å². The summed E-state index contributed by atoms with van der Waals surface area (Å²) in [6, 6.07) is 24.4. The van der Waals surface area contributed by atoms with Gasteiger partial charge in [-0.3, -0.25) is 4.79 Å². The minimum Gasteiger partial charge on any atom is -0.455 e. The molecule has 0 aliphatic rings. The molecule has 0 aliphatic carbocycles. The summed E-state index contributed by atoms with van der Waals surface area (Å²) < 4.78 is 5.86. The van der Waals surface area contributed by atoms with Crippen molar-refractivity contribution in [1.82, 2.24) is 0 Å². The number of amides is 1. The van der Waals surface area contributed by atoms with E-state index in [1.54, 1.807) is 6.07 Å². The van der Waals surface area contributed by atoms with E-state index in [0.29, 0.717) is 17.0 Å². The van der Waals surface area contributed by atoms with Gasteiger partial charge in [-0.15, -0.1) is 0 Å². The lowest BCUT2D eigenvalue weighted by molar-refractivity contribution is 0.102. The van der Waals surface area contributed by atoms with Crippen LogP contribution in [-0.4, -0.2) is 5.91 Å². The average molecular weight is 303 g/mol. The molecule has 23 heavy (non-hydrogen) atoms. The number of ether oxygens (including phenoxy) is 1. The standard InChI is InChI=1S/C20H17NO2/c1-15-8-7-9-16(14-15)20(22)21-18-12-5-6-13-19(18)23-17-10-3-2-4-11-17/h2-14H,1H3,(H,21,22). The van der Waals surface area contributed by atoms with E-state index in [4.69, 9.17) is 4.74 Å². The van der Waals surface area contributed by atoms with Crippen LogP contribution in [0.25, 0.3) is 0 Å². The first kappa shape index (κ1) is 14.9. The van der Waals surface area contributed by atoms with Crippen molar-refractivity contribution in [2.45, 2.75) is 6.92 Å². The quantitative estimate of drug-likeness (QED) is 0.733. The molecule has 0 aromatic heterocycles. The molecule has 3 nitrogen and oxygen atoms in total. The third-order valence-corrected chi connectivity index (χ3v) is 3.39. The highest BCUT2D eigenvalue weighted by Crippen LogP contribution is 2.29. The molecule has 114 valence electrons. The molecule has 3 aromatic carbocycles. The Morgan fingerprint density at radius 1 is 0.870 bits per heavy atom. The third-order valence-electron chi connectivity index (χ3n) is 3.39. The summed E-state index contributed by atoms with van der Waals surface area (Å²) in [5.41, 5.74) is 2.31. The van der Waals surface area contributed by atoms with Crippen LogP contribution in [0.3, 0.4) is 0 Å². The maximum Gasteiger partial charge on any atom is 0.255 e. The molecule has 1 amide bonds. The molecule has 0 atom stereocenters. The predicted octanol–water partition coefficient (Wildman–Crippen LogP) is 5.04. The summed E-state index contributed by atoms with van der Waals surface area (Å²) in [6.07, 6.45) is 0. The molecule has 0 spiro atoms. The van der Waals surface area contributed by atoms with Crippen LogP contribution in [0.4, 0.5) is 5.69 Å². The minimum atomic E-state index is -0.155. The summed E-state index contributed by atoms with van der Waals surface area (Å²) in [6.45, 7) is 1.96. The zero-order valence-corrected chi connectivity index (χ0v) is 12.8. The van der Waals surface area contributed by atoms with E-state index in [-0.39, 0.29) is 5.91 Å². The number of para-hydroxylation sites is 3. The van der Waals surface area contributed by atoms with Crippen molar-refractivity contribution >= 4 is 11.6 Å². The Morgan fingerprint density at radius 3 is 2.39 bits per heavy atom. The fourth-order valence-electron chi connectivity index (χ4n) is 2.26. The Hall–Kier alpha value is -3.07. The van der Waals surface area contributed by atoms with Gasteiger partial charge in [0.2, 0.25) is 0 Å². The normalized spacial score (nSPS) is 10.1. The minimum absolute atomic E-state index is 0.155. The van der Waals surface area contributed by atoms with Gasteiger partial charge < -0.3 is 10.1 Å². The molecule has 0 bridgehead atoms. The number of nitrogens with one attached hydrogen (secondary N) is 1. The molecule has 3 heteroatoms. The van der Waals surface area contributed by atoms with Crippen LogP contribution >= 0.6 is 0 Å². The number of aryl methyl sites for hydroxylation is 1. The predicted molar refractivity (Wildman–Crippen MR) is 92.1 cm³/mol. The summed E-state index contributed by atoms with van der Waals surface area (Å²) in [5.74, 6) is 1.18. The molecule has 1 N–H and O–H groups in total. The van der Waals surface area contributed by atoms with Crippen molar-refractivity contribution < 1.29 is 9.53 Å². The Labute approximate surface area is 135 Å². The summed E-state index contributed by atoms with van der Waals surface area (Å²) >= 11 is 0. The first-order valence-corrected chi connectivity index (χ1v) is 7.42. The molecule has 0 heterocycles. The molecular weight excluding hydrogens is 286 g/mol. The van der Waals surface area contributed by atoms with Crippen LogP contribution in [-0.2, 0) is 0 Å². The molecule has 0 radical (unpaired) electrons. The van der Waals surface area contributed by atoms with Crippen molar-refractivity contribution in [3.63, 3.8) is 0 Å². The zero-order chi connectivity index (χ0) is 16.1. The van der Waals surface area contributed by atoms with Gasteiger partial charge in [0.1, 0.15) is 5.75 Å². The van der Waals surface area contributed by atoms with E-state index in [9.17, 15) is 4.79 Å². The van der Waals surface area contributed by atoms with Crippen LogP contribution in [0.15, 0.2) is 78.9 Å². The van der Waals surface area contributed by atoms with Gasteiger partial charge in [-0.25, -0.2) is 0 Å². The monoisotopic (exact) mass is 303 g/mol. The lowest BCUT2D eigenvalue weighted by Gasteiger charge is -2.12. The second kappa shape index (κ2) is 6.79. The van der Waals surface area contributed by atoms with Crippen LogP contribution in [0, 0.1) is 6.92 Å². The van der Waals surface area contributed by atoms with Gasteiger partial charge in [-0.05, 0) is 43.3 Å². The van der Waals surface area contributed by atoms with Crippen LogP contribution in [0.2, 0.25) is 0 Å². The summed E-state index contributed by atoms with van der Waals surface area (Å²) in [5, 5.41) is 2.91. The average Bonchev–Trinajstić information content (AvgIpc) is 2.57. The number of rotatable bonds is 4. The van der Waals surface area contributed by atoms with Crippen molar-refractivity contribution in [2.24, 2.45) is 0 Å². The lowest BCUT2D eigenvalue weighted by atomic mass is 10.1. The number of anilines is 1. The highest BCUT2D eigenvalue weighted by Gasteiger charge is 2.10. The molecule has 0 aliphatic heterocycles. The third kappa shape index (κ3) is 3.77. The van der Waals surface area contributed by atoms with Gasteiger partial charge in [-0.2, -0.15) is 0 Å². The molecule has 0 fully saturated rings. The SMILES string of the molecule is Cc1cccc(C(=O)Nc2ccccc2Oc2ccccc2)c1. The van der Waals surface area contributed by atoms with Crippen LogP contribution < -0.4 is 10.1 Å². The van der Waals surface area contributed by atoms with Crippen LogP contribution in [0.1, 0.15) is 15.9 Å². The van der Waals surface area contributed by atoms with Gasteiger partial charge >= 0.3 is 0 Å².